The smallest absolute Gasteiger partial charge is 0.244 e. The number of rotatable bonds is 8. The zero-order chi connectivity index (χ0) is 22.1. The summed E-state index contributed by atoms with van der Waals surface area (Å²) in [6.45, 7) is 1.67. The van der Waals surface area contributed by atoms with E-state index in [1.165, 1.54) is 6.08 Å². The summed E-state index contributed by atoms with van der Waals surface area (Å²) in [4.78, 5) is 25.1. The van der Waals surface area contributed by atoms with Crippen LogP contribution in [0, 0.1) is 0 Å². The lowest BCUT2D eigenvalue weighted by molar-refractivity contribution is -0.127. The third-order valence-corrected chi connectivity index (χ3v) is 4.85. The predicted molar refractivity (Wildman–Crippen MR) is 123 cm³/mol. The van der Waals surface area contributed by atoms with Crippen LogP contribution in [0.3, 0.4) is 0 Å². The van der Waals surface area contributed by atoms with E-state index in [0.717, 1.165) is 22.4 Å². The number of methoxy groups -OCH3 is 1. The summed E-state index contributed by atoms with van der Waals surface area (Å²) in [7, 11) is 1.60. The molecule has 0 aromatic heterocycles. The molecule has 158 valence electrons. The van der Waals surface area contributed by atoms with Gasteiger partial charge in [-0.1, -0.05) is 72.8 Å². The highest BCUT2D eigenvalue weighted by atomic mass is 16.5. The number of carbonyl (C=O) groups is 2. The monoisotopic (exact) mass is 414 g/mol. The number of amides is 2. The maximum atomic E-state index is 12.8. The Labute approximate surface area is 182 Å². The van der Waals surface area contributed by atoms with Gasteiger partial charge in [0.25, 0.3) is 0 Å². The second kappa shape index (κ2) is 10.8. The number of carbonyl (C=O) groups excluding carboxylic acids is 2. The highest BCUT2D eigenvalue weighted by Crippen LogP contribution is 2.21. The third kappa shape index (κ3) is 6.31. The van der Waals surface area contributed by atoms with Crippen LogP contribution in [0.5, 0.6) is 5.75 Å². The SMILES string of the molecule is COc1ccc(/C=C/C(=O)NC(C)C(=O)NC(c2ccccc2)c2ccccc2)cc1. The maximum absolute atomic E-state index is 12.8. The molecule has 31 heavy (non-hydrogen) atoms. The fourth-order valence-electron chi connectivity index (χ4n) is 3.13. The summed E-state index contributed by atoms with van der Waals surface area (Å²) in [6, 6.07) is 25.9. The van der Waals surface area contributed by atoms with Gasteiger partial charge in [0.2, 0.25) is 11.8 Å². The van der Waals surface area contributed by atoms with Crippen LogP contribution in [0.1, 0.15) is 29.7 Å². The molecule has 1 atom stereocenters. The van der Waals surface area contributed by atoms with E-state index in [9.17, 15) is 9.59 Å². The van der Waals surface area contributed by atoms with Crippen molar-refractivity contribution < 1.29 is 14.3 Å². The summed E-state index contributed by atoms with van der Waals surface area (Å²) in [5.41, 5.74) is 2.81. The molecular formula is C26H26N2O3. The maximum Gasteiger partial charge on any atom is 0.244 e. The van der Waals surface area contributed by atoms with Crippen molar-refractivity contribution in [2.24, 2.45) is 0 Å². The molecule has 0 aliphatic rings. The number of hydrogen-bond acceptors (Lipinski definition) is 3. The average Bonchev–Trinajstić information content (AvgIpc) is 2.82. The Morgan fingerprint density at radius 2 is 1.35 bits per heavy atom. The van der Waals surface area contributed by atoms with Crippen molar-refractivity contribution in [1.29, 1.82) is 0 Å². The van der Waals surface area contributed by atoms with Gasteiger partial charge in [0, 0.05) is 6.08 Å². The minimum Gasteiger partial charge on any atom is -0.497 e. The predicted octanol–water partition coefficient (Wildman–Crippen LogP) is 4.12. The first-order valence-electron chi connectivity index (χ1n) is 10.1. The molecule has 0 aliphatic heterocycles. The first-order valence-corrected chi connectivity index (χ1v) is 10.1. The van der Waals surface area contributed by atoms with Crippen LogP contribution in [0.2, 0.25) is 0 Å². The lowest BCUT2D eigenvalue weighted by Crippen LogP contribution is -2.45. The minimum atomic E-state index is -0.692. The fourth-order valence-corrected chi connectivity index (χ4v) is 3.13. The Balaban J connectivity index is 1.63. The molecule has 2 N–H and O–H groups in total. The molecule has 0 radical (unpaired) electrons. The average molecular weight is 415 g/mol. The van der Waals surface area contributed by atoms with Crippen molar-refractivity contribution in [3.05, 3.63) is 108 Å². The molecule has 1 unspecified atom stereocenters. The molecule has 0 heterocycles. The number of nitrogens with one attached hydrogen (secondary N) is 2. The van der Waals surface area contributed by atoms with Crippen molar-refractivity contribution in [3.63, 3.8) is 0 Å². The van der Waals surface area contributed by atoms with Gasteiger partial charge in [-0.15, -0.1) is 0 Å². The van der Waals surface area contributed by atoms with Crippen molar-refractivity contribution in [2.75, 3.05) is 7.11 Å². The van der Waals surface area contributed by atoms with Gasteiger partial charge >= 0.3 is 0 Å². The van der Waals surface area contributed by atoms with Crippen LogP contribution >= 0.6 is 0 Å². The van der Waals surface area contributed by atoms with Gasteiger partial charge in [-0.3, -0.25) is 9.59 Å². The molecule has 0 saturated carbocycles. The molecule has 0 aliphatic carbocycles. The van der Waals surface area contributed by atoms with Crippen LogP contribution in [-0.4, -0.2) is 25.0 Å². The van der Waals surface area contributed by atoms with E-state index in [1.807, 2.05) is 84.9 Å². The Morgan fingerprint density at radius 1 is 0.806 bits per heavy atom. The standard InChI is InChI=1S/C26H26N2O3/c1-19(27-24(29)18-15-20-13-16-23(31-2)17-14-20)26(30)28-25(21-9-5-3-6-10-21)22-11-7-4-8-12-22/h3-19,25H,1-2H3,(H,27,29)(H,28,30)/b18-15+. The zero-order valence-corrected chi connectivity index (χ0v) is 17.6. The molecule has 5 nitrogen and oxygen atoms in total. The second-order valence-corrected chi connectivity index (χ2v) is 7.10. The van der Waals surface area contributed by atoms with Crippen molar-refractivity contribution >= 4 is 17.9 Å². The van der Waals surface area contributed by atoms with E-state index in [2.05, 4.69) is 10.6 Å². The third-order valence-electron chi connectivity index (χ3n) is 4.85. The first-order chi connectivity index (χ1) is 15.1. The summed E-state index contributed by atoms with van der Waals surface area (Å²) in [5.74, 6) is 0.150. The van der Waals surface area contributed by atoms with Gasteiger partial charge in [-0.2, -0.15) is 0 Å². The molecule has 2 amide bonds. The molecule has 5 heteroatoms. The zero-order valence-electron chi connectivity index (χ0n) is 17.6. The summed E-state index contributed by atoms with van der Waals surface area (Å²) in [6.07, 6.45) is 3.10. The van der Waals surface area contributed by atoms with Gasteiger partial charge in [-0.25, -0.2) is 0 Å². The van der Waals surface area contributed by atoms with Gasteiger partial charge in [0.15, 0.2) is 0 Å². The lowest BCUT2D eigenvalue weighted by atomic mass is 9.98. The Morgan fingerprint density at radius 3 is 1.87 bits per heavy atom. The van der Waals surface area contributed by atoms with Crippen LogP contribution in [0.4, 0.5) is 0 Å². The van der Waals surface area contributed by atoms with Gasteiger partial charge < -0.3 is 15.4 Å². The summed E-state index contributed by atoms with van der Waals surface area (Å²) in [5, 5.41) is 5.77. The van der Waals surface area contributed by atoms with Gasteiger partial charge in [0.05, 0.1) is 13.2 Å². The quantitative estimate of drug-likeness (QED) is 0.545. The van der Waals surface area contributed by atoms with Crippen molar-refractivity contribution in [2.45, 2.75) is 19.0 Å². The Kier molecular flexibility index (Phi) is 7.60. The van der Waals surface area contributed by atoms with E-state index in [1.54, 1.807) is 20.1 Å². The highest BCUT2D eigenvalue weighted by molar-refractivity contribution is 5.95. The minimum absolute atomic E-state index is 0.260. The molecule has 0 fully saturated rings. The van der Waals surface area contributed by atoms with Gasteiger partial charge in [0.1, 0.15) is 11.8 Å². The van der Waals surface area contributed by atoms with E-state index in [-0.39, 0.29) is 17.9 Å². The molecule has 3 aromatic rings. The van der Waals surface area contributed by atoms with E-state index >= 15 is 0 Å². The van der Waals surface area contributed by atoms with Crippen molar-refractivity contribution in [1.82, 2.24) is 10.6 Å². The highest BCUT2D eigenvalue weighted by Gasteiger charge is 2.21. The topological polar surface area (TPSA) is 67.4 Å². The number of benzene rings is 3. The van der Waals surface area contributed by atoms with Crippen LogP contribution in [0.25, 0.3) is 6.08 Å². The molecular weight excluding hydrogens is 388 g/mol. The van der Waals surface area contributed by atoms with E-state index in [4.69, 9.17) is 4.74 Å². The molecule has 0 bridgehead atoms. The van der Waals surface area contributed by atoms with Crippen LogP contribution in [-0.2, 0) is 9.59 Å². The fraction of sp³-hybridized carbons (Fsp3) is 0.154. The lowest BCUT2D eigenvalue weighted by Gasteiger charge is -2.22. The normalized spacial score (nSPS) is 11.8. The van der Waals surface area contributed by atoms with Crippen LogP contribution in [0.15, 0.2) is 91.0 Å². The molecule has 0 spiro atoms. The summed E-state index contributed by atoms with van der Waals surface area (Å²) < 4.78 is 5.12. The number of ether oxygens (including phenoxy) is 1. The Hall–Kier alpha value is -3.86. The van der Waals surface area contributed by atoms with Crippen LogP contribution < -0.4 is 15.4 Å². The Bertz CT molecular complexity index is 976. The molecule has 0 saturated heterocycles. The van der Waals surface area contributed by atoms with E-state index in [0.29, 0.717) is 0 Å². The molecule has 3 rings (SSSR count). The second-order valence-electron chi connectivity index (χ2n) is 7.10. The summed E-state index contributed by atoms with van der Waals surface area (Å²) >= 11 is 0. The first kappa shape index (κ1) is 21.8. The van der Waals surface area contributed by atoms with E-state index < -0.39 is 6.04 Å². The largest absolute Gasteiger partial charge is 0.497 e. The number of hydrogen-bond donors (Lipinski definition) is 2. The van der Waals surface area contributed by atoms with Crippen molar-refractivity contribution in [3.8, 4) is 5.75 Å². The van der Waals surface area contributed by atoms with Gasteiger partial charge in [-0.05, 0) is 41.8 Å². The molecule has 3 aromatic carbocycles.